The van der Waals surface area contributed by atoms with Crippen LogP contribution < -0.4 is 0 Å². The van der Waals surface area contributed by atoms with Gasteiger partial charge >= 0.3 is 0 Å². The summed E-state index contributed by atoms with van der Waals surface area (Å²) in [4.78, 5) is 21.6. The molecule has 3 heteroatoms. The van der Waals surface area contributed by atoms with Crippen molar-refractivity contribution in [2.45, 2.75) is 98.0 Å². The Morgan fingerprint density at radius 2 is 1.09 bits per heavy atom. The molecule has 0 saturated heterocycles. The van der Waals surface area contributed by atoms with Gasteiger partial charge in [0.05, 0.1) is 6.10 Å². The summed E-state index contributed by atoms with van der Waals surface area (Å²) in [6.07, 6.45) is 11.8. The maximum atomic E-state index is 10.8. The number of hydrogen-bond donors (Lipinski definition) is 1. The number of aliphatic hydroxyl groups is 1. The van der Waals surface area contributed by atoms with E-state index in [1.807, 2.05) is 27.7 Å². The molecule has 0 amide bonds. The topological polar surface area (TPSA) is 54.4 Å². The van der Waals surface area contributed by atoms with Crippen LogP contribution in [0.2, 0.25) is 0 Å². The fraction of sp³-hybridized carbons (Fsp3) is 0.895. The van der Waals surface area contributed by atoms with Gasteiger partial charge < -0.3 is 14.7 Å². The van der Waals surface area contributed by atoms with Crippen LogP contribution in [-0.4, -0.2) is 23.8 Å². The highest BCUT2D eigenvalue weighted by Gasteiger charge is 2.16. The molecule has 0 fully saturated rings. The summed E-state index contributed by atoms with van der Waals surface area (Å²) in [6, 6.07) is 0. The first-order chi connectivity index (χ1) is 10.2. The first-order valence-electron chi connectivity index (χ1n) is 8.83. The Balaban J connectivity index is 3.49. The number of carbonyl (C=O) groups excluding carboxylic acids is 2. The van der Waals surface area contributed by atoms with Gasteiger partial charge in [0.2, 0.25) is 0 Å². The predicted octanol–water partition coefficient (Wildman–Crippen LogP) is 4.70. The average molecular weight is 312 g/mol. The molecular formula is C19H36O3. The van der Waals surface area contributed by atoms with Crippen LogP contribution in [0.4, 0.5) is 0 Å². The molecule has 3 nitrogen and oxygen atoms in total. The third-order valence-corrected chi connectivity index (χ3v) is 4.35. The van der Waals surface area contributed by atoms with E-state index in [1.165, 1.54) is 0 Å². The van der Waals surface area contributed by atoms with Gasteiger partial charge in [0.15, 0.2) is 0 Å². The molecule has 1 N–H and O–H groups in total. The molecule has 0 aliphatic heterocycles. The summed E-state index contributed by atoms with van der Waals surface area (Å²) < 4.78 is 0. The van der Waals surface area contributed by atoms with E-state index in [2.05, 4.69) is 0 Å². The first kappa shape index (κ1) is 21.3. The van der Waals surface area contributed by atoms with E-state index in [0.717, 1.165) is 76.8 Å². The molecule has 0 aliphatic rings. The van der Waals surface area contributed by atoms with E-state index in [-0.39, 0.29) is 16.9 Å². The van der Waals surface area contributed by atoms with Crippen molar-refractivity contribution in [3.8, 4) is 0 Å². The highest BCUT2D eigenvalue weighted by atomic mass is 16.3. The molecule has 22 heavy (non-hydrogen) atoms. The lowest BCUT2D eigenvalue weighted by Crippen LogP contribution is -2.13. The van der Waals surface area contributed by atoms with Crippen molar-refractivity contribution < 1.29 is 14.7 Å². The zero-order chi connectivity index (χ0) is 17.1. The second-order valence-corrected chi connectivity index (χ2v) is 8.07. The fourth-order valence-electron chi connectivity index (χ4n) is 2.54. The predicted molar refractivity (Wildman–Crippen MR) is 91.9 cm³/mol. The second-order valence-electron chi connectivity index (χ2n) is 8.07. The quantitative estimate of drug-likeness (QED) is 0.374. The maximum Gasteiger partial charge on any atom is 0.125 e. The third kappa shape index (κ3) is 11.9. The third-order valence-electron chi connectivity index (χ3n) is 4.35. The number of aliphatic hydroxyl groups excluding tert-OH is 1. The molecule has 0 bridgehead atoms. The van der Waals surface area contributed by atoms with Gasteiger partial charge in [-0.2, -0.15) is 0 Å². The Bertz CT molecular complexity index is 278. The standard InChI is InChI=1S/C19H36O3/c1-18(2,15-20)13-9-5-7-11-17(22)12-8-6-10-14-19(3,4)16-21/h15-17,22H,5-14H2,1-4H3. The molecule has 0 spiro atoms. The van der Waals surface area contributed by atoms with Gasteiger partial charge in [-0.15, -0.1) is 0 Å². The van der Waals surface area contributed by atoms with Crippen LogP contribution in [0, 0.1) is 10.8 Å². The number of aldehydes is 2. The highest BCUT2D eigenvalue weighted by Crippen LogP contribution is 2.23. The SMILES string of the molecule is CC(C)(C=O)CCCCCC(O)CCCCCC(C)(C)C=O. The van der Waals surface area contributed by atoms with Crippen LogP contribution in [0.3, 0.4) is 0 Å². The fourth-order valence-corrected chi connectivity index (χ4v) is 2.54. The summed E-state index contributed by atoms with van der Waals surface area (Å²) in [5, 5.41) is 9.95. The molecule has 0 radical (unpaired) electrons. The van der Waals surface area contributed by atoms with E-state index < -0.39 is 0 Å². The van der Waals surface area contributed by atoms with Crippen molar-refractivity contribution in [3.05, 3.63) is 0 Å². The monoisotopic (exact) mass is 312 g/mol. The largest absolute Gasteiger partial charge is 0.393 e. The van der Waals surface area contributed by atoms with Gasteiger partial charge in [-0.05, 0) is 25.7 Å². The summed E-state index contributed by atoms with van der Waals surface area (Å²) in [5.74, 6) is 0. The van der Waals surface area contributed by atoms with Crippen molar-refractivity contribution >= 4 is 12.6 Å². The molecular weight excluding hydrogens is 276 g/mol. The van der Waals surface area contributed by atoms with Crippen molar-refractivity contribution in [1.82, 2.24) is 0 Å². The van der Waals surface area contributed by atoms with Gasteiger partial charge in [0, 0.05) is 10.8 Å². The summed E-state index contributed by atoms with van der Waals surface area (Å²) in [6.45, 7) is 7.89. The minimum atomic E-state index is -0.200. The highest BCUT2D eigenvalue weighted by molar-refractivity contribution is 5.57. The molecule has 0 aromatic carbocycles. The molecule has 0 rings (SSSR count). The van der Waals surface area contributed by atoms with Crippen molar-refractivity contribution in [1.29, 1.82) is 0 Å². The maximum absolute atomic E-state index is 10.8. The second kappa shape index (κ2) is 10.9. The minimum absolute atomic E-state index is 0.196. The zero-order valence-corrected chi connectivity index (χ0v) is 15.1. The number of rotatable bonds is 14. The van der Waals surface area contributed by atoms with Crippen LogP contribution in [0.15, 0.2) is 0 Å². The van der Waals surface area contributed by atoms with Crippen LogP contribution in [0.25, 0.3) is 0 Å². The Kier molecular flexibility index (Phi) is 10.6. The van der Waals surface area contributed by atoms with Gasteiger partial charge in [0.25, 0.3) is 0 Å². The molecule has 0 heterocycles. The van der Waals surface area contributed by atoms with Gasteiger partial charge in [0.1, 0.15) is 12.6 Å². The lowest BCUT2D eigenvalue weighted by Gasteiger charge is -2.17. The molecule has 0 saturated carbocycles. The van der Waals surface area contributed by atoms with Crippen LogP contribution in [0.1, 0.15) is 91.9 Å². The Morgan fingerprint density at radius 1 is 0.727 bits per heavy atom. The lowest BCUT2D eigenvalue weighted by molar-refractivity contribution is -0.115. The molecule has 0 unspecified atom stereocenters. The Labute approximate surface area is 136 Å². The summed E-state index contributed by atoms with van der Waals surface area (Å²) in [5.41, 5.74) is -0.401. The molecule has 0 aromatic rings. The van der Waals surface area contributed by atoms with Crippen LogP contribution >= 0.6 is 0 Å². The number of carbonyl (C=O) groups is 2. The van der Waals surface area contributed by atoms with E-state index in [9.17, 15) is 14.7 Å². The molecule has 0 atom stereocenters. The van der Waals surface area contributed by atoms with Crippen molar-refractivity contribution in [2.75, 3.05) is 0 Å². The number of unbranched alkanes of at least 4 members (excludes halogenated alkanes) is 4. The Morgan fingerprint density at radius 3 is 1.41 bits per heavy atom. The van der Waals surface area contributed by atoms with Gasteiger partial charge in [-0.25, -0.2) is 0 Å². The minimum Gasteiger partial charge on any atom is -0.393 e. The van der Waals surface area contributed by atoms with Gasteiger partial charge in [-0.3, -0.25) is 0 Å². The summed E-state index contributed by atoms with van der Waals surface area (Å²) >= 11 is 0. The summed E-state index contributed by atoms with van der Waals surface area (Å²) in [7, 11) is 0. The average Bonchev–Trinajstić information content (AvgIpc) is 2.46. The van der Waals surface area contributed by atoms with Crippen LogP contribution in [0.5, 0.6) is 0 Å². The first-order valence-corrected chi connectivity index (χ1v) is 8.83. The van der Waals surface area contributed by atoms with E-state index >= 15 is 0 Å². The van der Waals surface area contributed by atoms with Crippen molar-refractivity contribution in [3.63, 3.8) is 0 Å². The molecule has 0 aliphatic carbocycles. The Hall–Kier alpha value is -0.700. The van der Waals surface area contributed by atoms with Gasteiger partial charge in [-0.1, -0.05) is 66.2 Å². The van der Waals surface area contributed by atoms with Crippen molar-refractivity contribution in [2.24, 2.45) is 10.8 Å². The smallest absolute Gasteiger partial charge is 0.125 e. The molecule has 130 valence electrons. The van der Waals surface area contributed by atoms with E-state index in [4.69, 9.17) is 0 Å². The van der Waals surface area contributed by atoms with Crippen LogP contribution in [-0.2, 0) is 9.59 Å². The zero-order valence-electron chi connectivity index (χ0n) is 15.1. The van der Waals surface area contributed by atoms with E-state index in [0.29, 0.717) is 0 Å². The normalized spacial score (nSPS) is 12.6. The molecule has 0 aromatic heterocycles. The van der Waals surface area contributed by atoms with E-state index in [1.54, 1.807) is 0 Å². The number of hydrogen-bond acceptors (Lipinski definition) is 3. The lowest BCUT2D eigenvalue weighted by atomic mass is 9.88.